The number of piperidine rings is 1. The zero-order valence-electron chi connectivity index (χ0n) is 18.0. The van der Waals surface area contributed by atoms with E-state index in [1.165, 1.54) is 22.3 Å². The number of benzene rings is 2. The Morgan fingerprint density at radius 2 is 1.21 bits per heavy atom. The maximum atomic E-state index is 13.3. The van der Waals surface area contributed by atoms with Crippen molar-refractivity contribution in [2.75, 3.05) is 13.1 Å². The second-order valence-corrected chi connectivity index (χ2v) is 8.39. The molecule has 0 radical (unpaired) electrons. The Balaban J connectivity index is 2.03. The van der Waals surface area contributed by atoms with E-state index in [4.69, 9.17) is 0 Å². The summed E-state index contributed by atoms with van der Waals surface area (Å²) in [7, 11) is 0. The van der Waals surface area contributed by atoms with Crippen LogP contribution in [0.4, 0.5) is 0 Å². The van der Waals surface area contributed by atoms with Gasteiger partial charge in [-0.25, -0.2) is 0 Å². The van der Waals surface area contributed by atoms with E-state index in [2.05, 4.69) is 95.0 Å². The molecular weight excluding hydrogens is 342 g/mol. The normalized spacial score (nSPS) is 18.5. The second kappa shape index (κ2) is 8.28. The van der Waals surface area contributed by atoms with E-state index >= 15 is 0 Å². The summed E-state index contributed by atoms with van der Waals surface area (Å²) in [4.78, 5) is 15.7. The molecule has 2 nitrogen and oxygen atoms in total. The third-order valence-electron chi connectivity index (χ3n) is 5.57. The van der Waals surface area contributed by atoms with Crippen molar-refractivity contribution < 1.29 is 4.79 Å². The second-order valence-electron chi connectivity index (χ2n) is 8.39. The van der Waals surface area contributed by atoms with Crippen LogP contribution in [0.5, 0.6) is 0 Å². The first kappa shape index (κ1) is 20.3. The van der Waals surface area contributed by atoms with Gasteiger partial charge in [0, 0.05) is 30.3 Å². The first-order valence-electron chi connectivity index (χ1n) is 10.1. The summed E-state index contributed by atoms with van der Waals surface area (Å²) in [5, 5.41) is 0. The average molecular weight is 374 g/mol. The molecule has 2 aromatic rings. The Morgan fingerprint density at radius 1 is 0.786 bits per heavy atom. The molecule has 0 N–H and O–H groups in total. The standard InChI is InChI=1S/C26H31NO/c1-17(2)27-15-24(13-22-9-7-18(3)11-20(22)5)26(28)25(16-27)14-23-10-8-19(4)12-21(23)6/h7-14,17H,15-16H2,1-6H3/b24-13+,25-14+. The van der Waals surface area contributed by atoms with Gasteiger partial charge >= 0.3 is 0 Å². The van der Waals surface area contributed by atoms with E-state index in [9.17, 15) is 4.79 Å². The predicted octanol–water partition coefficient (Wildman–Crippen LogP) is 5.68. The number of rotatable bonds is 3. The van der Waals surface area contributed by atoms with Crippen molar-refractivity contribution in [3.8, 4) is 0 Å². The zero-order valence-corrected chi connectivity index (χ0v) is 18.0. The smallest absolute Gasteiger partial charge is 0.187 e. The van der Waals surface area contributed by atoms with Crippen molar-refractivity contribution in [2.45, 2.75) is 47.6 Å². The zero-order chi connectivity index (χ0) is 20.4. The molecule has 0 aromatic heterocycles. The molecule has 1 aliphatic rings. The number of hydrogen-bond acceptors (Lipinski definition) is 2. The van der Waals surface area contributed by atoms with Crippen molar-refractivity contribution in [1.82, 2.24) is 4.90 Å². The number of carbonyl (C=O) groups excluding carboxylic acids is 1. The molecule has 0 unspecified atom stereocenters. The van der Waals surface area contributed by atoms with Gasteiger partial charge in [-0.1, -0.05) is 47.5 Å². The summed E-state index contributed by atoms with van der Waals surface area (Å²) in [6, 6.07) is 13.2. The molecule has 146 valence electrons. The lowest BCUT2D eigenvalue weighted by Crippen LogP contribution is -2.41. The fraction of sp³-hybridized carbons (Fsp3) is 0.346. The first-order valence-corrected chi connectivity index (χ1v) is 10.1. The monoisotopic (exact) mass is 373 g/mol. The molecule has 0 amide bonds. The van der Waals surface area contributed by atoms with Crippen LogP contribution in [-0.4, -0.2) is 29.8 Å². The van der Waals surface area contributed by atoms with Crippen molar-refractivity contribution in [1.29, 1.82) is 0 Å². The fourth-order valence-electron chi connectivity index (χ4n) is 3.78. The van der Waals surface area contributed by atoms with Crippen LogP contribution >= 0.6 is 0 Å². The molecule has 1 saturated heterocycles. The van der Waals surface area contributed by atoms with Gasteiger partial charge in [-0.2, -0.15) is 0 Å². The van der Waals surface area contributed by atoms with E-state index in [0.717, 1.165) is 22.3 Å². The van der Waals surface area contributed by atoms with Gasteiger partial charge in [0.25, 0.3) is 0 Å². The summed E-state index contributed by atoms with van der Waals surface area (Å²) in [6.45, 7) is 14.2. The molecule has 0 aliphatic carbocycles. The molecule has 2 heteroatoms. The van der Waals surface area contributed by atoms with Gasteiger partial charge in [-0.3, -0.25) is 9.69 Å². The number of aryl methyl sites for hydroxylation is 4. The molecule has 3 rings (SSSR count). The molecule has 0 atom stereocenters. The summed E-state index contributed by atoms with van der Waals surface area (Å²) in [5.74, 6) is 0.178. The number of nitrogens with zero attached hydrogens (tertiary/aromatic N) is 1. The highest BCUT2D eigenvalue weighted by Crippen LogP contribution is 2.25. The first-order chi connectivity index (χ1) is 13.2. The maximum absolute atomic E-state index is 13.3. The van der Waals surface area contributed by atoms with Crippen LogP contribution in [0.15, 0.2) is 47.5 Å². The van der Waals surface area contributed by atoms with Crippen molar-refractivity contribution in [2.24, 2.45) is 0 Å². The summed E-state index contributed by atoms with van der Waals surface area (Å²) >= 11 is 0. The molecule has 0 bridgehead atoms. The fourth-order valence-corrected chi connectivity index (χ4v) is 3.78. The Morgan fingerprint density at radius 3 is 1.57 bits per heavy atom. The number of carbonyl (C=O) groups is 1. The topological polar surface area (TPSA) is 20.3 Å². The van der Waals surface area contributed by atoms with Crippen molar-refractivity contribution in [3.63, 3.8) is 0 Å². The Labute approximate surface area is 169 Å². The number of likely N-dealkylation sites (tertiary alicyclic amines) is 1. The molecule has 0 saturated carbocycles. The highest BCUT2D eigenvalue weighted by atomic mass is 16.1. The lowest BCUT2D eigenvalue weighted by atomic mass is 9.91. The molecule has 1 heterocycles. The summed E-state index contributed by atoms with van der Waals surface area (Å²) in [6.07, 6.45) is 4.17. The van der Waals surface area contributed by atoms with E-state index in [1.807, 2.05) is 0 Å². The summed E-state index contributed by atoms with van der Waals surface area (Å²) in [5.41, 5.74) is 8.92. The van der Waals surface area contributed by atoms with Gasteiger partial charge in [0.2, 0.25) is 0 Å². The van der Waals surface area contributed by atoms with Crippen LogP contribution in [0, 0.1) is 27.7 Å². The van der Waals surface area contributed by atoms with Gasteiger partial charge in [-0.15, -0.1) is 0 Å². The van der Waals surface area contributed by atoms with E-state index < -0.39 is 0 Å². The quantitative estimate of drug-likeness (QED) is 0.645. The minimum absolute atomic E-state index is 0.178. The molecule has 1 aliphatic heterocycles. The third-order valence-corrected chi connectivity index (χ3v) is 5.57. The average Bonchev–Trinajstić information content (AvgIpc) is 2.62. The highest BCUT2D eigenvalue weighted by Gasteiger charge is 2.27. The van der Waals surface area contributed by atoms with Crippen LogP contribution in [0.3, 0.4) is 0 Å². The molecule has 2 aromatic carbocycles. The van der Waals surface area contributed by atoms with Gasteiger partial charge in [-0.05, 0) is 75.9 Å². The van der Waals surface area contributed by atoms with Gasteiger partial charge in [0.1, 0.15) is 0 Å². The van der Waals surface area contributed by atoms with Gasteiger partial charge in [0.05, 0.1) is 0 Å². The lowest BCUT2D eigenvalue weighted by Gasteiger charge is -2.33. The third kappa shape index (κ3) is 4.51. The largest absolute Gasteiger partial charge is 0.292 e. The predicted molar refractivity (Wildman–Crippen MR) is 120 cm³/mol. The minimum atomic E-state index is 0.178. The van der Waals surface area contributed by atoms with Crippen LogP contribution in [0.1, 0.15) is 47.2 Å². The van der Waals surface area contributed by atoms with E-state index in [0.29, 0.717) is 19.1 Å². The van der Waals surface area contributed by atoms with Gasteiger partial charge < -0.3 is 0 Å². The SMILES string of the molecule is Cc1ccc(/C=C2\CN(C(C)C)C/C(=C\c3ccc(C)cc3C)C2=O)c(C)c1. The minimum Gasteiger partial charge on any atom is -0.292 e. The molecular formula is C26H31NO. The molecule has 1 fully saturated rings. The maximum Gasteiger partial charge on any atom is 0.187 e. The van der Waals surface area contributed by atoms with E-state index in [1.54, 1.807) is 0 Å². The Hall–Kier alpha value is -2.45. The number of Topliss-reactive ketones (excluding diaryl/α,β-unsaturated/α-hetero) is 1. The lowest BCUT2D eigenvalue weighted by molar-refractivity contribution is -0.113. The van der Waals surface area contributed by atoms with Crippen LogP contribution in [0.2, 0.25) is 0 Å². The van der Waals surface area contributed by atoms with Crippen molar-refractivity contribution in [3.05, 3.63) is 80.9 Å². The number of hydrogen-bond donors (Lipinski definition) is 0. The highest BCUT2D eigenvalue weighted by molar-refractivity contribution is 6.14. The van der Waals surface area contributed by atoms with Crippen LogP contribution in [-0.2, 0) is 4.79 Å². The number of ketones is 1. The Bertz CT molecular complexity index is 889. The molecule has 0 spiro atoms. The van der Waals surface area contributed by atoms with E-state index in [-0.39, 0.29) is 5.78 Å². The Kier molecular flexibility index (Phi) is 6.00. The molecule has 28 heavy (non-hydrogen) atoms. The summed E-state index contributed by atoms with van der Waals surface area (Å²) < 4.78 is 0. The van der Waals surface area contributed by atoms with Crippen molar-refractivity contribution >= 4 is 17.9 Å². The van der Waals surface area contributed by atoms with Crippen LogP contribution < -0.4 is 0 Å². The van der Waals surface area contributed by atoms with Gasteiger partial charge in [0.15, 0.2) is 5.78 Å². The van der Waals surface area contributed by atoms with Crippen LogP contribution in [0.25, 0.3) is 12.2 Å².